The first-order chi connectivity index (χ1) is 31.3. The fourth-order valence-corrected chi connectivity index (χ4v) is 10.9. The lowest BCUT2D eigenvalue weighted by molar-refractivity contribution is 0.670. The van der Waals surface area contributed by atoms with Crippen molar-refractivity contribution in [1.82, 2.24) is 19.5 Å². The predicted octanol–water partition coefficient (Wildman–Crippen LogP) is 14.2. The van der Waals surface area contributed by atoms with Crippen molar-refractivity contribution in [2.24, 2.45) is 0 Å². The molecule has 63 heavy (non-hydrogen) atoms. The smallest absolute Gasteiger partial charge is 0.238 e. The van der Waals surface area contributed by atoms with Crippen molar-refractivity contribution >= 4 is 43.7 Å². The first-order valence-electron chi connectivity index (χ1n) is 21.4. The van der Waals surface area contributed by atoms with Gasteiger partial charge in [0, 0.05) is 43.8 Å². The van der Waals surface area contributed by atoms with Crippen LogP contribution in [0.5, 0.6) is 0 Å². The minimum absolute atomic E-state index is 0.490. The summed E-state index contributed by atoms with van der Waals surface area (Å²) in [6.07, 6.45) is 0. The van der Waals surface area contributed by atoms with Crippen LogP contribution in [0.15, 0.2) is 211 Å². The van der Waals surface area contributed by atoms with E-state index in [9.17, 15) is 0 Å². The molecule has 0 fully saturated rings. The van der Waals surface area contributed by atoms with E-state index in [1.54, 1.807) is 0 Å². The van der Waals surface area contributed by atoms with E-state index in [4.69, 9.17) is 19.4 Å². The van der Waals surface area contributed by atoms with Crippen molar-refractivity contribution in [1.29, 1.82) is 0 Å². The number of hydrogen-bond acceptors (Lipinski definition) is 4. The largest absolute Gasteiger partial charge is 0.455 e. The molecule has 0 bridgehead atoms. The number of furan rings is 1. The monoisotopic (exact) mass is 802 g/mol. The Kier molecular flexibility index (Phi) is 6.97. The normalized spacial score (nSPS) is 13.2. The van der Waals surface area contributed by atoms with Gasteiger partial charge in [-0.1, -0.05) is 188 Å². The van der Waals surface area contributed by atoms with E-state index in [2.05, 4.69) is 187 Å². The Morgan fingerprint density at radius 2 is 0.952 bits per heavy atom. The van der Waals surface area contributed by atoms with E-state index < -0.39 is 5.41 Å². The Morgan fingerprint density at radius 1 is 0.381 bits per heavy atom. The average Bonchev–Trinajstić information content (AvgIpc) is 4.08. The molecule has 9 aromatic carbocycles. The lowest BCUT2D eigenvalue weighted by atomic mass is 9.70. The molecule has 0 atom stereocenters. The van der Waals surface area contributed by atoms with Crippen LogP contribution in [-0.4, -0.2) is 19.5 Å². The zero-order chi connectivity index (χ0) is 41.2. The maximum Gasteiger partial charge on any atom is 0.238 e. The average molecular weight is 803 g/mol. The first kappa shape index (κ1) is 34.3. The number of benzene rings is 9. The Bertz CT molecular complexity index is 3820. The van der Waals surface area contributed by atoms with Crippen molar-refractivity contribution in [3.8, 4) is 62.1 Å². The highest BCUT2D eigenvalue weighted by atomic mass is 16.3. The number of aromatic nitrogens is 4. The van der Waals surface area contributed by atoms with Crippen LogP contribution in [0.25, 0.3) is 106 Å². The van der Waals surface area contributed by atoms with E-state index >= 15 is 0 Å². The second kappa shape index (κ2) is 12.8. The van der Waals surface area contributed by atoms with Gasteiger partial charge in [-0.05, 0) is 62.7 Å². The van der Waals surface area contributed by atoms with Crippen LogP contribution in [0.4, 0.5) is 0 Å². The summed E-state index contributed by atoms with van der Waals surface area (Å²) in [7, 11) is 0. The quantitative estimate of drug-likeness (QED) is 0.178. The number of fused-ring (bicyclic) bond motifs is 17. The number of nitrogens with zero attached hydrogens (tertiary/aromatic N) is 4. The molecule has 0 saturated carbocycles. The van der Waals surface area contributed by atoms with E-state index in [-0.39, 0.29) is 0 Å². The molecular formula is C58H34N4O. The summed E-state index contributed by atoms with van der Waals surface area (Å²) in [5, 5.41) is 4.41. The van der Waals surface area contributed by atoms with Gasteiger partial charge in [-0.25, -0.2) is 4.98 Å². The van der Waals surface area contributed by atoms with Crippen molar-refractivity contribution in [2.75, 3.05) is 0 Å². The van der Waals surface area contributed by atoms with Crippen molar-refractivity contribution in [2.45, 2.75) is 5.41 Å². The van der Waals surface area contributed by atoms with Gasteiger partial charge >= 0.3 is 0 Å². The predicted molar refractivity (Wildman–Crippen MR) is 254 cm³/mol. The molecule has 12 aromatic rings. The van der Waals surface area contributed by atoms with Gasteiger partial charge in [-0.15, -0.1) is 0 Å². The number of rotatable bonds is 4. The van der Waals surface area contributed by atoms with E-state index in [0.717, 1.165) is 66.0 Å². The summed E-state index contributed by atoms with van der Waals surface area (Å²) >= 11 is 0. The summed E-state index contributed by atoms with van der Waals surface area (Å²) in [6.45, 7) is 0. The van der Waals surface area contributed by atoms with Crippen molar-refractivity contribution in [3.63, 3.8) is 0 Å². The fraction of sp³-hybridized carbons (Fsp3) is 0.0172. The molecule has 3 heterocycles. The second-order valence-electron chi connectivity index (χ2n) is 16.6. The molecule has 5 nitrogen and oxygen atoms in total. The Balaban J connectivity index is 1.06. The van der Waals surface area contributed by atoms with E-state index in [0.29, 0.717) is 17.6 Å². The molecule has 292 valence electrons. The standard InChI is InChI=1S/C58H34N4O/c1-3-16-35(17-4-1)38-24-15-25-44-42-31-30-37(34-51(42)63-54(38)44)56-59-55(36-18-5-2-6-19-36)60-57(61-56)62-50-29-14-10-22-41(50)43-32-33-49-52(53(43)62)45-23-9-13-28-48(45)58(49)46-26-11-7-20-39(46)40-21-8-12-27-47(40)58/h1-34H. The van der Waals surface area contributed by atoms with Crippen LogP contribution >= 0.6 is 0 Å². The lowest BCUT2D eigenvalue weighted by Crippen LogP contribution is -2.25. The van der Waals surface area contributed by atoms with Crippen molar-refractivity contribution in [3.05, 3.63) is 229 Å². The number of hydrogen-bond donors (Lipinski definition) is 0. The summed E-state index contributed by atoms with van der Waals surface area (Å²) in [5.41, 5.74) is 17.4. The van der Waals surface area contributed by atoms with Gasteiger partial charge in [0.05, 0.1) is 16.4 Å². The molecule has 0 N–H and O–H groups in total. The van der Waals surface area contributed by atoms with Crippen LogP contribution < -0.4 is 0 Å². The molecule has 14 rings (SSSR count). The third kappa shape index (κ3) is 4.63. The van der Waals surface area contributed by atoms with Gasteiger partial charge in [-0.3, -0.25) is 4.57 Å². The molecule has 2 aliphatic carbocycles. The minimum atomic E-state index is -0.490. The molecule has 2 aliphatic rings. The summed E-state index contributed by atoms with van der Waals surface area (Å²) < 4.78 is 9.02. The maximum absolute atomic E-state index is 6.74. The highest BCUT2D eigenvalue weighted by Gasteiger charge is 2.52. The topological polar surface area (TPSA) is 56.7 Å². The number of para-hydroxylation sites is 2. The summed E-state index contributed by atoms with van der Waals surface area (Å²) in [4.78, 5) is 16.0. The van der Waals surface area contributed by atoms with Crippen LogP contribution in [-0.2, 0) is 5.41 Å². The third-order valence-electron chi connectivity index (χ3n) is 13.5. The molecule has 1 spiro atoms. The molecule has 0 saturated heterocycles. The van der Waals surface area contributed by atoms with Gasteiger partial charge in [0.25, 0.3) is 0 Å². The highest BCUT2D eigenvalue weighted by molar-refractivity contribution is 6.16. The maximum atomic E-state index is 6.74. The molecule has 3 aromatic heterocycles. The van der Waals surface area contributed by atoms with Crippen LogP contribution in [0.3, 0.4) is 0 Å². The van der Waals surface area contributed by atoms with Crippen LogP contribution in [0, 0.1) is 0 Å². The van der Waals surface area contributed by atoms with Crippen molar-refractivity contribution < 1.29 is 4.42 Å². The van der Waals surface area contributed by atoms with Gasteiger partial charge in [0.2, 0.25) is 5.95 Å². The first-order valence-corrected chi connectivity index (χ1v) is 21.4. The fourth-order valence-electron chi connectivity index (χ4n) is 10.9. The Morgan fingerprint density at radius 3 is 1.70 bits per heavy atom. The van der Waals surface area contributed by atoms with Gasteiger partial charge in [-0.2, -0.15) is 9.97 Å². The Labute approximate surface area is 362 Å². The van der Waals surface area contributed by atoms with Crippen LogP contribution in [0.2, 0.25) is 0 Å². The zero-order valence-electron chi connectivity index (χ0n) is 33.8. The molecule has 0 unspecified atom stereocenters. The van der Waals surface area contributed by atoms with E-state index in [1.165, 1.54) is 44.5 Å². The third-order valence-corrected chi connectivity index (χ3v) is 13.5. The molecule has 5 heteroatoms. The van der Waals surface area contributed by atoms with E-state index in [1.807, 2.05) is 24.3 Å². The summed E-state index contributed by atoms with van der Waals surface area (Å²) in [5.74, 6) is 1.72. The molecular weight excluding hydrogens is 769 g/mol. The van der Waals surface area contributed by atoms with Gasteiger partial charge < -0.3 is 4.42 Å². The van der Waals surface area contributed by atoms with Gasteiger partial charge in [0.15, 0.2) is 11.6 Å². The SMILES string of the molecule is c1ccc(-c2nc(-c3ccc4c(c3)oc3c(-c5ccccc5)cccc34)nc(-n3c4ccccc4c4ccc5c(c43)-c3ccccc3C53c4ccccc4-c4ccccc43)n2)cc1. The second-order valence-corrected chi connectivity index (χ2v) is 16.6. The molecule has 0 radical (unpaired) electrons. The zero-order valence-corrected chi connectivity index (χ0v) is 33.8. The van der Waals surface area contributed by atoms with Crippen LogP contribution in [0.1, 0.15) is 22.3 Å². The molecule has 0 aliphatic heterocycles. The Hall–Kier alpha value is -8.41. The minimum Gasteiger partial charge on any atom is -0.455 e. The summed E-state index contributed by atoms with van der Waals surface area (Å²) in [6, 6.07) is 73.6. The molecule has 0 amide bonds. The highest BCUT2D eigenvalue weighted by Crippen LogP contribution is 2.64. The lowest BCUT2D eigenvalue weighted by Gasteiger charge is -2.30. The van der Waals surface area contributed by atoms with Gasteiger partial charge in [0.1, 0.15) is 11.2 Å².